The van der Waals surface area contributed by atoms with Crippen molar-refractivity contribution in [1.82, 2.24) is 9.97 Å². The van der Waals surface area contributed by atoms with Crippen molar-refractivity contribution in [2.75, 3.05) is 25.1 Å². The number of aliphatic hydroxyl groups is 1. The van der Waals surface area contributed by atoms with Gasteiger partial charge in [-0.1, -0.05) is 54.6 Å². The molecule has 0 aliphatic carbocycles. The number of rotatable bonds is 6. The number of hydrogen-bond donors (Lipinski definition) is 2. The summed E-state index contributed by atoms with van der Waals surface area (Å²) in [6.45, 7) is 1.09. The zero-order valence-electron chi connectivity index (χ0n) is 16.4. The molecule has 3 N–H and O–H groups in total. The number of aliphatic hydroxyl groups excluding tert-OH is 1. The van der Waals surface area contributed by atoms with Crippen molar-refractivity contribution in [3.05, 3.63) is 78.5 Å². The number of fused-ring (bicyclic) bond motifs is 1. The summed E-state index contributed by atoms with van der Waals surface area (Å²) in [5.74, 6) is 0.811. The van der Waals surface area contributed by atoms with Crippen molar-refractivity contribution < 1.29 is 5.11 Å². The van der Waals surface area contributed by atoms with Crippen LogP contribution in [0, 0.1) is 0 Å². The average molecular weight is 384 g/mol. The zero-order valence-corrected chi connectivity index (χ0v) is 16.4. The Morgan fingerprint density at radius 1 is 0.966 bits per heavy atom. The second-order valence-electron chi connectivity index (χ2n) is 7.00. The molecule has 2 aromatic heterocycles. The smallest absolute Gasteiger partial charge is 0.137 e. The van der Waals surface area contributed by atoms with Crippen LogP contribution in [0.4, 0.5) is 5.82 Å². The molecule has 5 heteroatoms. The molecule has 0 amide bonds. The number of likely N-dealkylation sites (N-methyl/N-ethyl adjacent to an activating group) is 1. The van der Waals surface area contributed by atoms with E-state index in [1.165, 1.54) is 0 Å². The highest BCUT2D eigenvalue weighted by atomic mass is 16.3. The van der Waals surface area contributed by atoms with Gasteiger partial charge in [0.2, 0.25) is 0 Å². The number of hydrogen-bond acceptors (Lipinski definition) is 5. The lowest BCUT2D eigenvalue weighted by Gasteiger charge is -2.20. The Hall–Kier alpha value is -3.28. The Bertz CT molecular complexity index is 1110. The first-order valence-electron chi connectivity index (χ1n) is 9.68. The SMILES string of the molecule is CN(CCO)c1nccc2nc(-c3ccc(CN)cc3)c(-c3ccccc3)cc12. The molecule has 0 atom stereocenters. The molecule has 4 rings (SSSR count). The van der Waals surface area contributed by atoms with E-state index in [1.54, 1.807) is 6.20 Å². The Kier molecular flexibility index (Phi) is 5.51. The molecular formula is C24H24N4O. The van der Waals surface area contributed by atoms with Crippen molar-refractivity contribution in [3.63, 3.8) is 0 Å². The first-order chi connectivity index (χ1) is 14.2. The van der Waals surface area contributed by atoms with Crippen LogP contribution < -0.4 is 10.6 Å². The van der Waals surface area contributed by atoms with E-state index in [0.717, 1.165) is 44.7 Å². The number of nitrogens with zero attached hydrogens (tertiary/aromatic N) is 3. The lowest BCUT2D eigenvalue weighted by Crippen LogP contribution is -2.22. The summed E-state index contributed by atoms with van der Waals surface area (Å²) in [5.41, 5.74) is 11.8. The van der Waals surface area contributed by atoms with Crippen molar-refractivity contribution in [2.45, 2.75) is 6.54 Å². The minimum atomic E-state index is 0.0686. The van der Waals surface area contributed by atoms with Gasteiger partial charge in [0.05, 0.1) is 17.8 Å². The molecule has 0 spiro atoms. The van der Waals surface area contributed by atoms with Crippen molar-refractivity contribution in [1.29, 1.82) is 0 Å². The molecule has 0 saturated carbocycles. The Morgan fingerprint density at radius 3 is 2.41 bits per heavy atom. The Labute approximate surface area is 170 Å². The molecule has 0 unspecified atom stereocenters. The average Bonchev–Trinajstić information content (AvgIpc) is 2.78. The highest BCUT2D eigenvalue weighted by Gasteiger charge is 2.15. The third-order valence-corrected chi connectivity index (χ3v) is 5.07. The van der Waals surface area contributed by atoms with Gasteiger partial charge in [-0.05, 0) is 23.3 Å². The van der Waals surface area contributed by atoms with E-state index >= 15 is 0 Å². The van der Waals surface area contributed by atoms with Gasteiger partial charge in [-0.25, -0.2) is 9.97 Å². The van der Waals surface area contributed by atoms with Crippen LogP contribution >= 0.6 is 0 Å². The van der Waals surface area contributed by atoms with Gasteiger partial charge < -0.3 is 15.7 Å². The molecule has 0 bridgehead atoms. The molecule has 0 aliphatic rings. The maximum atomic E-state index is 9.34. The van der Waals surface area contributed by atoms with Crippen LogP contribution in [0.5, 0.6) is 0 Å². The topological polar surface area (TPSA) is 75.3 Å². The minimum Gasteiger partial charge on any atom is -0.395 e. The molecular weight excluding hydrogens is 360 g/mol. The summed E-state index contributed by atoms with van der Waals surface area (Å²) in [6.07, 6.45) is 1.77. The molecule has 0 fully saturated rings. The first kappa shape index (κ1) is 19.1. The number of nitrogens with two attached hydrogens (primary N) is 1. The van der Waals surface area contributed by atoms with E-state index in [9.17, 15) is 5.11 Å². The monoisotopic (exact) mass is 384 g/mol. The van der Waals surface area contributed by atoms with Gasteiger partial charge in [-0.3, -0.25) is 0 Å². The Balaban J connectivity index is 1.96. The predicted molar refractivity (Wildman–Crippen MR) is 119 cm³/mol. The lowest BCUT2D eigenvalue weighted by atomic mass is 9.97. The standard InChI is InChI=1S/C24H24N4O/c1-28(13-14-29)24-21-15-20(18-5-3-2-4-6-18)23(27-22(21)11-12-26-24)19-9-7-17(16-25)8-10-19/h2-12,15,29H,13-14,16,25H2,1H3. The fourth-order valence-corrected chi connectivity index (χ4v) is 3.50. The number of pyridine rings is 2. The summed E-state index contributed by atoms with van der Waals surface area (Å²) in [4.78, 5) is 11.5. The van der Waals surface area contributed by atoms with Gasteiger partial charge in [-0.15, -0.1) is 0 Å². The molecule has 5 nitrogen and oxygen atoms in total. The summed E-state index contributed by atoms with van der Waals surface area (Å²) in [6, 6.07) is 22.6. The quantitative estimate of drug-likeness (QED) is 0.528. The summed E-state index contributed by atoms with van der Waals surface area (Å²) in [7, 11) is 1.93. The van der Waals surface area contributed by atoms with Crippen LogP contribution in [-0.4, -0.2) is 35.3 Å². The molecule has 4 aromatic rings. The number of benzene rings is 2. The van der Waals surface area contributed by atoms with Gasteiger partial charge in [0.15, 0.2) is 0 Å². The number of anilines is 1. The van der Waals surface area contributed by atoms with E-state index in [-0.39, 0.29) is 6.61 Å². The van der Waals surface area contributed by atoms with E-state index < -0.39 is 0 Å². The van der Waals surface area contributed by atoms with E-state index in [1.807, 2.05) is 48.3 Å². The molecule has 146 valence electrons. The zero-order chi connectivity index (χ0) is 20.2. The fourth-order valence-electron chi connectivity index (χ4n) is 3.50. The second-order valence-corrected chi connectivity index (χ2v) is 7.00. The highest BCUT2D eigenvalue weighted by Crippen LogP contribution is 2.35. The van der Waals surface area contributed by atoms with Gasteiger partial charge in [0.25, 0.3) is 0 Å². The van der Waals surface area contributed by atoms with E-state index in [4.69, 9.17) is 10.7 Å². The van der Waals surface area contributed by atoms with Crippen LogP contribution in [0.3, 0.4) is 0 Å². The fraction of sp³-hybridized carbons (Fsp3) is 0.167. The maximum Gasteiger partial charge on any atom is 0.137 e. The summed E-state index contributed by atoms with van der Waals surface area (Å²) < 4.78 is 0. The van der Waals surface area contributed by atoms with Gasteiger partial charge in [0.1, 0.15) is 5.82 Å². The number of aromatic nitrogens is 2. The van der Waals surface area contributed by atoms with Crippen LogP contribution in [0.25, 0.3) is 33.3 Å². The van der Waals surface area contributed by atoms with Gasteiger partial charge in [-0.2, -0.15) is 0 Å². The molecule has 0 aliphatic heterocycles. The van der Waals surface area contributed by atoms with Gasteiger partial charge >= 0.3 is 0 Å². The molecule has 29 heavy (non-hydrogen) atoms. The predicted octanol–water partition coefficient (Wildman–Crippen LogP) is 3.85. The highest BCUT2D eigenvalue weighted by molar-refractivity contribution is 5.97. The molecule has 2 aromatic carbocycles. The van der Waals surface area contributed by atoms with Crippen molar-refractivity contribution >= 4 is 16.7 Å². The normalized spacial score (nSPS) is 11.0. The van der Waals surface area contributed by atoms with Crippen molar-refractivity contribution in [2.24, 2.45) is 5.73 Å². The second kappa shape index (κ2) is 8.39. The van der Waals surface area contributed by atoms with Crippen molar-refractivity contribution in [3.8, 4) is 22.4 Å². The lowest BCUT2D eigenvalue weighted by molar-refractivity contribution is 0.304. The Morgan fingerprint density at radius 2 is 1.72 bits per heavy atom. The maximum absolute atomic E-state index is 9.34. The van der Waals surface area contributed by atoms with E-state index in [0.29, 0.717) is 13.1 Å². The molecule has 0 radical (unpaired) electrons. The van der Waals surface area contributed by atoms with Crippen LogP contribution in [0.2, 0.25) is 0 Å². The third kappa shape index (κ3) is 3.83. The summed E-state index contributed by atoms with van der Waals surface area (Å²) in [5, 5.41) is 10.3. The molecule has 0 saturated heterocycles. The third-order valence-electron chi connectivity index (χ3n) is 5.07. The first-order valence-corrected chi connectivity index (χ1v) is 9.68. The minimum absolute atomic E-state index is 0.0686. The van der Waals surface area contributed by atoms with Gasteiger partial charge in [0, 0.05) is 42.8 Å². The summed E-state index contributed by atoms with van der Waals surface area (Å²) >= 11 is 0. The van der Waals surface area contributed by atoms with Crippen LogP contribution in [-0.2, 0) is 6.54 Å². The van der Waals surface area contributed by atoms with Crippen LogP contribution in [0.1, 0.15) is 5.56 Å². The molecule has 2 heterocycles. The van der Waals surface area contributed by atoms with E-state index in [2.05, 4.69) is 35.3 Å². The van der Waals surface area contributed by atoms with Crippen LogP contribution in [0.15, 0.2) is 72.9 Å². The largest absolute Gasteiger partial charge is 0.395 e.